The van der Waals surface area contributed by atoms with E-state index in [9.17, 15) is 4.79 Å². The number of para-hydroxylation sites is 1. The Morgan fingerprint density at radius 3 is 2.84 bits per heavy atom. The van der Waals surface area contributed by atoms with Gasteiger partial charge in [-0.3, -0.25) is 9.36 Å². The average Bonchev–Trinajstić information content (AvgIpc) is 3.40. The highest BCUT2D eigenvalue weighted by molar-refractivity contribution is 7.98. The second-order valence-electron chi connectivity index (χ2n) is 7.72. The number of tetrazole rings is 1. The van der Waals surface area contributed by atoms with E-state index in [4.69, 9.17) is 4.98 Å². The molecule has 0 fully saturated rings. The van der Waals surface area contributed by atoms with Crippen molar-refractivity contribution < 1.29 is 0 Å². The summed E-state index contributed by atoms with van der Waals surface area (Å²) in [5, 5.41) is 13.6. The number of hydrogen-bond donors (Lipinski definition) is 0. The summed E-state index contributed by atoms with van der Waals surface area (Å²) in [6, 6.07) is 9.79. The van der Waals surface area contributed by atoms with Gasteiger partial charge >= 0.3 is 0 Å². The topological polar surface area (TPSA) is 78.5 Å². The Balaban J connectivity index is 1.58. The Hall–Kier alpha value is -2.52. The van der Waals surface area contributed by atoms with Crippen molar-refractivity contribution in [3.8, 4) is 5.69 Å². The highest BCUT2D eigenvalue weighted by Gasteiger charge is 2.23. The lowest BCUT2D eigenvalue weighted by molar-refractivity contribution is 0.540. The predicted molar refractivity (Wildman–Crippen MR) is 124 cm³/mol. The molecule has 7 nitrogen and oxygen atoms in total. The van der Waals surface area contributed by atoms with Gasteiger partial charge < -0.3 is 0 Å². The second-order valence-corrected chi connectivity index (χ2v) is 9.75. The fourth-order valence-electron chi connectivity index (χ4n) is 4.03. The molecule has 1 aromatic carbocycles. The Kier molecular flexibility index (Phi) is 5.87. The van der Waals surface area contributed by atoms with Crippen LogP contribution in [0.15, 0.2) is 40.3 Å². The zero-order valence-electron chi connectivity index (χ0n) is 17.5. The molecule has 0 aliphatic heterocycles. The Labute approximate surface area is 188 Å². The van der Waals surface area contributed by atoms with Crippen molar-refractivity contribution in [1.29, 1.82) is 0 Å². The van der Waals surface area contributed by atoms with Gasteiger partial charge in [0.25, 0.3) is 5.56 Å². The molecule has 0 bridgehead atoms. The molecule has 1 aliphatic carbocycles. The monoisotopic (exact) mass is 452 g/mol. The third-order valence-corrected chi connectivity index (χ3v) is 7.75. The number of rotatable bonds is 7. The molecule has 0 atom stereocenters. The van der Waals surface area contributed by atoms with Gasteiger partial charge in [0.1, 0.15) is 4.83 Å². The molecule has 0 amide bonds. The van der Waals surface area contributed by atoms with Crippen molar-refractivity contribution in [2.24, 2.45) is 0 Å². The van der Waals surface area contributed by atoms with Crippen molar-refractivity contribution in [3.63, 3.8) is 0 Å². The molecule has 3 heterocycles. The summed E-state index contributed by atoms with van der Waals surface area (Å²) in [6.07, 6.45) is 6.47. The Morgan fingerprint density at radius 2 is 2.00 bits per heavy atom. The number of aromatic nitrogens is 6. The fraction of sp³-hybridized carbons (Fsp3) is 0.409. The van der Waals surface area contributed by atoms with Crippen LogP contribution in [0.5, 0.6) is 0 Å². The molecular formula is C22H24N6OS2. The normalized spacial score (nSPS) is 13.6. The van der Waals surface area contributed by atoms with Crippen LogP contribution in [0, 0.1) is 0 Å². The standard InChI is InChI=1S/C22H24N6OS2/c1-2-3-13-27-18(24-25-26-27)14-30-22-23-20-19(16-11-7-8-12-17(16)31-20)21(29)28(22)15-9-5-4-6-10-15/h4-6,9-10H,2-3,7-8,11-14H2,1H3. The van der Waals surface area contributed by atoms with Crippen molar-refractivity contribution in [3.05, 3.63) is 57.0 Å². The van der Waals surface area contributed by atoms with Crippen LogP contribution in [0.2, 0.25) is 0 Å². The molecule has 0 saturated heterocycles. The summed E-state index contributed by atoms with van der Waals surface area (Å²) >= 11 is 3.20. The van der Waals surface area contributed by atoms with Gasteiger partial charge in [-0.15, -0.1) is 16.4 Å². The van der Waals surface area contributed by atoms with E-state index in [0.717, 1.165) is 60.4 Å². The van der Waals surface area contributed by atoms with Gasteiger partial charge in [-0.2, -0.15) is 0 Å². The molecule has 4 aromatic rings. The smallest absolute Gasteiger partial charge is 0.267 e. The number of thiophene rings is 1. The van der Waals surface area contributed by atoms with Crippen molar-refractivity contribution in [2.75, 3.05) is 0 Å². The van der Waals surface area contributed by atoms with Crippen LogP contribution in [-0.4, -0.2) is 29.8 Å². The van der Waals surface area contributed by atoms with Crippen molar-refractivity contribution in [1.82, 2.24) is 29.8 Å². The highest BCUT2D eigenvalue weighted by atomic mass is 32.2. The zero-order valence-corrected chi connectivity index (χ0v) is 19.1. The number of unbranched alkanes of at least 4 members (excludes halogenated alkanes) is 1. The summed E-state index contributed by atoms with van der Waals surface area (Å²) in [5.74, 6) is 1.37. The molecule has 160 valence electrons. The Bertz CT molecular complexity index is 1260. The largest absolute Gasteiger partial charge is 0.268 e. The van der Waals surface area contributed by atoms with E-state index in [0.29, 0.717) is 10.9 Å². The minimum Gasteiger partial charge on any atom is -0.268 e. The SMILES string of the molecule is CCCCn1nnnc1CSc1nc2sc3c(c2c(=O)n1-c1ccccc1)CCCC3. The van der Waals surface area contributed by atoms with Crippen LogP contribution in [-0.2, 0) is 25.1 Å². The van der Waals surface area contributed by atoms with Gasteiger partial charge in [0.05, 0.1) is 16.8 Å². The van der Waals surface area contributed by atoms with Crippen molar-refractivity contribution >= 4 is 33.3 Å². The van der Waals surface area contributed by atoms with Gasteiger partial charge in [-0.1, -0.05) is 43.3 Å². The number of thioether (sulfide) groups is 1. The first-order chi connectivity index (χ1) is 15.3. The maximum absolute atomic E-state index is 13.7. The molecular weight excluding hydrogens is 428 g/mol. The first-order valence-corrected chi connectivity index (χ1v) is 12.6. The lowest BCUT2D eigenvalue weighted by Crippen LogP contribution is -2.22. The summed E-state index contributed by atoms with van der Waals surface area (Å²) in [6.45, 7) is 2.95. The van der Waals surface area contributed by atoms with Crippen LogP contribution in [0.4, 0.5) is 0 Å². The van der Waals surface area contributed by atoms with Crippen LogP contribution in [0.3, 0.4) is 0 Å². The molecule has 31 heavy (non-hydrogen) atoms. The van der Waals surface area contributed by atoms with Crippen LogP contribution >= 0.6 is 23.1 Å². The number of benzene rings is 1. The van der Waals surface area contributed by atoms with Gasteiger partial charge in [-0.05, 0) is 60.2 Å². The van der Waals surface area contributed by atoms with Crippen LogP contribution in [0.25, 0.3) is 15.9 Å². The third kappa shape index (κ3) is 3.92. The predicted octanol–water partition coefficient (Wildman–Crippen LogP) is 4.40. The summed E-state index contributed by atoms with van der Waals surface area (Å²) < 4.78 is 3.61. The number of nitrogens with zero attached hydrogens (tertiary/aromatic N) is 6. The maximum Gasteiger partial charge on any atom is 0.267 e. The molecule has 0 N–H and O–H groups in total. The van der Waals surface area contributed by atoms with E-state index in [-0.39, 0.29) is 5.56 Å². The van der Waals surface area contributed by atoms with E-state index >= 15 is 0 Å². The van der Waals surface area contributed by atoms with Crippen molar-refractivity contribution in [2.45, 2.75) is 62.9 Å². The van der Waals surface area contributed by atoms with Gasteiger partial charge in [0.15, 0.2) is 11.0 Å². The third-order valence-electron chi connectivity index (χ3n) is 5.63. The summed E-state index contributed by atoms with van der Waals surface area (Å²) in [5.41, 5.74) is 2.09. The molecule has 3 aromatic heterocycles. The van der Waals surface area contributed by atoms with Crippen LogP contribution in [0.1, 0.15) is 48.9 Å². The van der Waals surface area contributed by atoms with Gasteiger partial charge in [0.2, 0.25) is 0 Å². The average molecular weight is 453 g/mol. The molecule has 1 aliphatic rings. The van der Waals surface area contributed by atoms with E-state index in [1.807, 2.05) is 35.0 Å². The highest BCUT2D eigenvalue weighted by Crippen LogP contribution is 2.35. The van der Waals surface area contributed by atoms with E-state index in [1.54, 1.807) is 15.9 Å². The fourth-order valence-corrected chi connectivity index (χ4v) is 6.27. The van der Waals surface area contributed by atoms with Gasteiger partial charge in [-0.25, -0.2) is 9.67 Å². The lowest BCUT2D eigenvalue weighted by Gasteiger charge is -2.13. The molecule has 0 unspecified atom stereocenters. The molecule has 5 rings (SSSR count). The number of hydrogen-bond acceptors (Lipinski definition) is 7. The summed E-state index contributed by atoms with van der Waals surface area (Å²) in [7, 11) is 0. The van der Waals surface area contributed by atoms with E-state index in [2.05, 4.69) is 22.4 Å². The first kappa shape index (κ1) is 20.4. The van der Waals surface area contributed by atoms with Crippen LogP contribution < -0.4 is 5.56 Å². The van der Waals surface area contributed by atoms with E-state index < -0.39 is 0 Å². The number of aryl methyl sites for hydroxylation is 3. The van der Waals surface area contributed by atoms with E-state index in [1.165, 1.54) is 28.6 Å². The first-order valence-electron chi connectivity index (χ1n) is 10.8. The lowest BCUT2D eigenvalue weighted by atomic mass is 9.97. The summed E-state index contributed by atoms with van der Waals surface area (Å²) in [4.78, 5) is 20.9. The minimum atomic E-state index is 0.0312. The minimum absolute atomic E-state index is 0.0312. The zero-order chi connectivity index (χ0) is 21.2. The molecule has 9 heteroatoms. The maximum atomic E-state index is 13.7. The molecule has 0 spiro atoms. The molecule has 0 saturated carbocycles. The Morgan fingerprint density at radius 1 is 1.16 bits per heavy atom. The second kappa shape index (κ2) is 8.92. The quantitative estimate of drug-likeness (QED) is 0.305. The van der Waals surface area contributed by atoms with Gasteiger partial charge in [0, 0.05) is 11.4 Å². The number of fused-ring (bicyclic) bond motifs is 3. The molecule has 0 radical (unpaired) electrons.